The van der Waals surface area contributed by atoms with Crippen LogP contribution in [0.1, 0.15) is 10.4 Å². The summed E-state index contributed by atoms with van der Waals surface area (Å²) in [5, 5.41) is 3.51. The number of nitrogens with one attached hydrogen (secondary N) is 1. The van der Waals surface area contributed by atoms with Gasteiger partial charge in [-0.25, -0.2) is 0 Å². The first-order chi connectivity index (χ1) is 9.49. The lowest BCUT2D eigenvalue weighted by molar-refractivity contribution is 0.102. The van der Waals surface area contributed by atoms with Gasteiger partial charge < -0.3 is 10.2 Å². The number of hydrogen-bond acceptors (Lipinski definition) is 2. The van der Waals surface area contributed by atoms with E-state index in [9.17, 15) is 4.79 Å². The number of anilines is 2. The first-order valence-corrected chi connectivity index (χ1v) is 7.47. The summed E-state index contributed by atoms with van der Waals surface area (Å²) in [7, 11) is 3.78. The average molecular weight is 401 g/mol. The highest BCUT2D eigenvalue weighted by Crippen LogP contribution is 2.32. The van der Waals surface area contributed by atoms with E-state index < -0.39 is 0 Å². The summed E-state index contributed by atoms with van der Waals surface area (Å²) in [5.41, 5.74) is 2.12. The molecule has 0 saturated carbocycles. The molecule has 104 valence electrons. The molecule has 3 nitrogen and oxygen atoms in total. The molecule has 0 spiro atoms. The Morgan fingerprint density at radius 1 is 1.15 bits per heavy atom. The SMILES string of the molecule is CN(C)c1c(Cl)cccc1NC(=O)c1ccc(I)cc1. The molecular formula is C15H14ClIN2O. The largest absolute Gasteiger partial charge is 0.375 e. The van der Waals surface area contributed by atoms with Gasteiger partial charge in [-0.1, -0.05) is 17.7 Å². The molecule has 0 saturated heterocycles. The molecule has 20 heavy (non-hydrogen) atoms. The lowest BCUT2D eigenvalue weighted by Gasteiger charge is -2.19. The second-order valence-corrected chi connectivity index (χ2v) is 6.14. The predicted molar refractivity (Wildman–Crippen MR) is 92.9 cm³/mol. The molecule has 0 aromatic heterocycles. The van der Waals surface area contributed by atoms with Gasteiger partial charge in [0.25, 0.3) is 5.91 Å². The Morgan fingerprint density at radius 2 is 1.80 bits per heavy atom. The van der Waals surface area contributed by atoms with Gasteiger partial charge in [0.15, 0.2) is 0 Å². The summed E-state index contributed by atoms with van der Waals surface area (Å²) in [4.78, 5) is 14.1. The van der Waals surface area contributed by atoms with Crippen LogP contribution in [0.15, 0.2) is 42.5 Å². The van der Waals surface area contributed by atoms with Crippen LogP contribution >= 0.6 is 34.2 Å². The molecule has 0 atom stereocenters. The van der Waals surface area contributed by atoms with Gasteiger partial charge in [-0.15, -0.1) is 0 Å². The molecule has 2 aromatic carbocycles. The zero-order valence-corrected chi connectivity index (χ0v) is 14.1. The van der Waals surface area contributed by atoms with E-state index in [-0.39, 0.29) is 5.91 Å². The minimum atomic E-state index is -0.147. The topological polar surface area (TPSA) is 32.3 Å². The molecule has 0 radical (unpaired) electrons. The number of halogens is 2. The first-order valence-electron chi connectivity index (χ1n) is 6.02. The Kier molecular flexibility index (Phi) is 4.88. The van der Waals surface area contributed by atoms with Gasteiger partial charge in [0.2, 0.25) is 0 Å². The van der Waals surface area contributed by atoms with Crippen molar-refractivity contribution in [3.63, 3.8) is 0 Å². The van der Waals surface area contributed by atoms with Crippen LogP contribution in [-0.2, 0) is 0 Å². The number of rotatable bonds is 3. The molecule has 0 aliphatic heterocycles. The third-order valence-electron chi connectivity index (χ3n) is 2.79. The number of hydrogen-bond donors (Lipinski definition) is 1. The van der Waals surface area contributed by atoms with Crippen LogP contribution in [0.2, 0.25) is 5.02 Å². The van der Waals surface area contributed by atoms with Crippen LogP contribution < -0.4 is 10.2 Å². The van der Waals surface area contributed by atoms with Crippen LogP contribution in [0.3, 0.4) is 0 Å². The number of nitrogens with zero attached hydrogens (tertiary/aromatic N) is 1. The Morgan fingerprint density at radius 3 is 2.40 bits per heavy atom. The molecule has 0 heterocycles. The molecule has 0 aliphatic rings. The molecule has 5 heteroatoms. The summed E-state index contributed by atoms with van der Waals surface area (Å²) in [6, 6.07) is 12.9. The third kappa shape index (κ3) is 3.43. The maximum Gasteiger partial charge on any atom is 0.255 e. The van der Waals surface area contributed by atoms with Crippen molar-refractivity contribution in [2.45, 2.75) is 0 Å². The molecule has 0 fully saturated rings. The fourth-order valence-corrected chi connectivity index (χ4v) is 2.57. The third-order valence-corrected chi connectivity index (χ3v) is 3.81. The highest BCUT2D eigenvalue weighted by molar-refractivity contribution is 14.1. The van der Waals surface area contributed by atoms with E-state index >= 15 is 0 Å². The van der Waals surface area contributed by atoms with Crippen LogP contribution in [0.25, 0.3) is 0 Å². The maximum absolute atomic E-state index is 12.2. The van der Waals surface area contributed by atoms with E-state index in [1.54, 1.807) is 18.2 Å². The molecule has 1 N–H and O–H groups in total. The standard InChI is InChI=1S/C15H14ClIN2O/c1-19(2)14-12(16)4-3-5-13(14)18-15(20)10-6-8-11(17)9-7-10/h3-9H,1-2H3,(H,18,20). The number of para-hydroxylation sites is 1. The minimum Gasteiger partial charge on any atom is -0.375 e. The monoisotopic (exact) mass is 400 g/mol. The second kappa shape index (κ2) is 6.45. The minimum absolute atomic E-state index is 0.147. The molecule has 0 aliphatic carbocycles. The van der Waals surface area contributed by atoms with E-state index in [1.807, 2.05) is 43.3 Å². The molecule has 0 unspecified atom stereocenters. The lowest BCUT2D eigenvalue weighted by Crippen LogP contribution is -2.17. The van der Waals surface area contributed by atoms with Crippen molar-refractivity contribution in [3.05, 3.63) is 56.6 Å². The molecule has 2 rings (SSSR count). The van der Waals surface area contributed by atoms with Crippen molar-refractivity contribution in [2.24, 2.45) is 0 Å². The van der Waals surface area contributed by atoms with Crippen molar-refractivity contribution < 1.29 is 4.79 Å². The van der Waals surface area contributed by atoms with Gasteiger partial charge in [0.1, 0.15) is 0 Å². The quantitative estimate of drug-likeness (QED) is 0.781. The Labute approximate surface area is 137 Å². The van der Waals surface area contributed by atoms with Crippen molar-refractivity contribution in [2.75, 3.05) is 24.3 Å². The van der Waals surface area contributed by atoms with Crippen LogP contribution in [-0.4, -0.2) is 20.0 Å². The van der Waals surface area contributed by atoms with Crippen LogP contribution in [0.5, 0.6) is 0 Å². The van der Waals surface area contributed by atoms with Gasteiger partial charge >= 0.3 is 0 Å². The molecular weight excluding hydrogens is 387 g/mol. The predicted octanol–water partition coefficient (Wildman–Crippen LogP) is 4.26. The van der Waals surface area contributed by atoms with Gasteiger partial charge in [0, 0.05) is 23.2 Å². The van der Waals surface area contributed by atoms with Crippen molar-refractivity contribution in [1.82, 2.24) is 0 Å². The maximum atomic E-state index is 12.2. The first kappa shape index (κ1) is 15.1. The number of carbonyl (C=O) groups excluding carboxylic acids is 1. The number of amides is 1. The Bertz CT molecular complexity index is 626. The fourth-order valence-electron chi connectivity index (χ4n) is 1.87. The molecule has 1 amide bonds. The Hall–Kier alpha value is -1.27. The van der Waals surface area contributed by atoms with Gasteiger partial charge in [-0.2, -0.15) is 0 Å². The van der Waals surface area contributed by atoms with E-state index in [0.29, 0.717) is 16.3 Å². The highest BCUT2D eigenvalue weighted by Gasteiger charge is 2.12. The molecule has 2 aromatic rings. The number of carbonyl (C=O) groups is 1. The summed E-state index contributed by atoms with van der Waals surface area (Å²) in [6.07, 6.45) is 0. The van der Waals surface area contributed by atoms with Gasteiger partial charge in [-0.3, -0.25) is 4.79 Å². The fraction of sp³-hybridized carbons (Fsp3) is 0.133. The van der Waals surface area contributed by atoms with Crippen LogP contribution in [0.4, 0.5) is 11.4 Å². The summed E-state index contributed by atoms with van der Waals surface area (Å²) in [5.74, 6) is -0.147. The zero-order valence-electron chi connectivity index (χ0n) is 11.2. The van der Waals surface area contributed by atoms with Crippen molar-refractivity contribution in [1.29, 1.82) is 0 Å². The summed E-state index contributed by atoms with van der Waals surface area (Å²) < 4.78 is 1.09. The number of benzene rings is 2. The summed E-state index contributed by atoms with van der Waals surface area (Å²) >= 11 is 8.39. The zero-order chi connectivity index (χ0) is 14.7. The summed E-state index contributed by atoms with van der Waals surface area (Å²) in [6.45, 7) is 0. The van der Waals surface area contributed by atoms with E-state index in [0.717, 1.165) is 9.26 Å². The van der Waals surface area contributed by atoms with E-state index in [2.05, 4.69) is 27.9 Å². The lowest BCUT2D eigenvalue weighted by atomic mass is 10.2. The van der Waals surface area contributed by atoms with Crippen molar-refractivity contribution >= 4 is 51.5 Å². The average Bonchev–Trinajstić information content (AvgIpc) is 2.39. The van der Waals surface area contributed by atoms with E-state index in [1.165, 1.54) is 0 Å². The second-order valence-electron chi connectivity index (χ2n) is 4.49. The molecule has 0 bridgehead atoms. The van der Waals surface area contributed by atoms with Gasteiger partial charge in [-0.05, 0) is 59.0 Å². The van der Waals surface area contributed by atoms with Crippen molar-refractivity contribution in [3.8, 4) is 0 Å². The van der Waals surface area contributed by atoms with E-state index in [4.69, 9.17) is 11.6 Å². The van der Waals surface area contributed by atoms with Crippen LogP contribution in [0, 0.1) is 3.57 Å². The highest BCUT2D eigenvalue weighted by atomic mass is 127. The smallest absolute Gasteiger partial charge is 0.255 e. The van der Waals surface area contributed by atoms with Gasteiger partial charge in [0.05, 0.1) is 16.4 Å². The Balaban J connectivity index is 2.28. The normalized spacial score (nSPS) is 10.2.